The summed E-state index contributed by atoms with van der Waals surface area (Å²) in [5, 5.41) is 20.3. The van der Waals surface area contributed by atoms with Gasteiger partial charge in [-0.05, 0) is 6.92 Å². The van der Waals surface area contributed by atoms with Crippen molar-refractivity contribution >= 4 is 17.3 Å². The lowest BCUT2D eigenvalue weighted by atomic mass is 10.1. The molecule has 1 heterocycles. The highest BCUT2D eigenvalue weighted by atomic mass is 32.1. The number of hydrogen-bond acceptors (Lipinski definition) is 5. The number of carboxylic acid groups (broad SMARTS) is 1. The zero-order valence-corrected chi connectivity index (χ0v) is 7.78. The second-order valence-corrected chi connectivity index (χ2v) is 3.66. The molecule has 5 nitrogen and oxygen atoms in total. The number of rotatable bonds is 3. The van der Waals surface area contributed by atoms with Crippen LogP contribution in [0.4, 0.5) is 0 Å². The van der Waals surface area contributed by atoms with Crippen LogP contribution < -0.4 is 5.73 Å². The fourth-order valence-corrected chi connectivity index (χ4v) is 1.48. The Labute approximate surface area is 78.8 Å². The van der Waals surface area contributed by atoms with E-state index in [9.17, 15) is 9.90 Å². The van der Waals surface area contributed by atoms with Crippen LogP contribution in [0.2, 0.25) is 0 Å². The minimum atomic E-state index is -1.32. The van der Waals surface area contributed by atoms with E-state index in [2.05, 4.69) is 4.98 Å². The van der Waals surface area contributed by atoms with E-state index < -0.39 is 18.1 Å². The normalized spacial score (nSPS) is 15.3. The third-order valence-electron chi connectivity index (χ3n) is 1.57. The molecule has 4 N–H and O–H groups in total. The second kappa shape index (κ2) is 3.82. The SMILES string of the molecule is Cc1nc(C(O)C(N)C(=O)O)cs1. The lowest BCUT2D eigenvalue weighted by Crippen LogP contribution is -2.36. The molecule has 0 bridgehead atoms. The minimum absolute atomic E-state index is 0.317. The third kappa shape index (κ3) is 2.24. The molecule has 1 aromatic rings. The molecule has 0 aromatic carbocycles. The van der Waals surface area contributed by atoms with E-state index >= 15 is 0 Å². The van der Waals surface area contributed by atoms with Gasteiger partial charge in [0.05, 0.1) is 10.7 Å². The molecule has 1 aromatic heterocycles. The average Bonchev–Trinajstić information content (AvgIpc) is 2.49. The number of aromatic nitrogens is 1. The molecule has 0 aliphatic heterocycles. The Kier molecular flexibility index (Phi) is 2.97. The number of carbonyl (C=O) groups is 1. The van der Waals surface area contributed by atoms with Crippen molar-refractivity contribution in [3.8, 4) is 0 Å². The van der Waals surface area contributed by atoms with Crippen molar-refractivity contribution in [1.29, 1.82) is 0 Å². The van der Waals surface area contributed by atoms with Gasteiger partial charge in [-0.2, -0.15) is 0 Å². The van der Waals surface area contributed by atoms with Crippen LogP contribution in [-0.2, 0) is 4.79 Å². The van der Waals surface area contributed by atoms with Crippen molar-refractivity contribution in [3.05, 3.63) is 16.1 Å². The van der Waals surface area contributed by atoms with Crippen LogP contribution in [0.1, 0.15) is 16.8 Å². The third-order valence-corrected chi connectivity index (χ3v) is 2.36. The van der Waals surface area contributed by atoms with Gasteiger partial charge in [0.1, 0.15) is 12.1 Å². The van der Waals surface area contributed by atoms with Crippen LogP contribution in [0.5, 0.6) is 0 Å². The molecule has 72 valence electrons. The number of aliphatic hydroxyl groups excluding tert-OH is 1. The predicted molar refractivity (Wildman–Crippen MR) is 47.4 cm³/mol. The number of nitrogens with two attached hydrogens (primary N) is 1. The van der Waals surface area contributed by atoms with Gasteiger partial charge in [-0.25, -0.2) is 4.98 Å². The molecule has 0 saturated heterocycles. The average molecular weight is 202 g/mol. The van der Waals surface area contributed by atoms with Crippen LogP contribution in [0.25, 0.3) is 0 Å². The number of nitrogens with zero attached hydrogens (tertiary/aromatic N) is 1. The molecule has 6 heteroatoms. The largest absolute Gasteiger partial charge is 0.480 e. The molecule has 2 unspecified atom stereocenters. The minimum Gasteiger partial charge on any atom is -0.480 e. The number of thiazole rings is 1. The lowest BCUT2D eigenvalue weighted by molar-refractivity contribution is -0.141. The van der Waals surface area contributed by atoms with E-state index in [1.165, 1.54) is 11.3 Å². The molecule has 0 fully saturated rings. The molecule has 0 spiro atoms. The van der Waals surface area contributed by atoms with Crippen LogP contribution in [-0.4, -0.2) is 27.2 Å². The Hall–Kier alpha value is -0.980. The Balaban J connectivity index is 2.78. The molecule has 0 aliphatic rings. The second-order valence-electron chi connectivity index (χ2n) is 2.60. The van der Waals surface area contributed by atoms with E-state index in [-0.39, 0.29) is 0 Å². The fourth-order valence-electron chi connectivity index (χ4n) is 0.835. The lowest BCUT2D eigenvalue weighted by Gasteiger charge is -2.11. The Morgan fingerprint density at radius 3 is 2.77 bits per heavy atom. The number of aliphatic hydroxyl groups is 1. The zero-order valence-electron chi connectivity index (χ0n) is 6.97. The first-order chi connectivity index (χ1) is 6.02. The Morgan fingerprint density at radius 2 is 2.38 bits per heavy atom. The first kappa shape index (κ1) is 10.1. The molecular weight excluding hydrogens is 192 g/mol. The van der Waals surface area contributed by atoms with E-state index in [0.29, 0.717) is 5.69 Å². The van der Waals surface area contributed by atoms with Gasteiger partial charge in [0.15, 0.2) is 0 Å². The summed E-state index contributed by atoms with van der Waals surface area (Å²) < 4.78 is 0. The summed E-state index contributed by atoms with van der Waals surface area (Å²) in [5.74, 6) is -1.24. The molecule has 1 rings (SSSR count). The van der Waals surface area contributed by atoms with Crippen LogP contribution in [0, 0.1) is 6.92 Å². The summed E-state index contributed by atoms with van der Waals surface area (Å²) in [5.41, 5.74) is 5.53. The maximum Gasteiger partial charge on any atom is 0.323 e. The molecule has 2 atom stereocenters. The van der Waals surface area contributed by atoms with Gasteiger partial charge in [0.2, 0.25) is 0 Å². The van der Waals surface area contributed by atoms with Crippen molar-refractivity contribution in [1.82, 2.24) is 4.98 Å². The van der Waals surface area contributed by atoms with Gasteiger partial charge in [-0.3, -0.25) is 4.79 Å². The Morgan fingerprint density at radius 1 is 1.77 bits per heavy atom. The smallest absolute Gasteiger partial charge is 0.323 e. The zero-order chi connectivity index (χ0) is 10.0. The van der Waals surface area contributed by atoms with Crippen LogP contribution in [0.3, 0.4) is 0 Å². The number of hydrogen-bond donors (Lipinski definition) is 3. The summed E-state index contributed by atoms with van der Waals surface area (Å²) in [6.45, 7) is 1.77. The van der Waals surface area contributed by atoms with Crippen LogP contribution >= 0.6 is 11.3 Å². The van der Waals surface area contributed by atoms with Crippen molar-refractivity contribution in [2.45, 2.75) is 19.1 Å². The van der Waals surface area contributed by atoms with Gasteiger partial charge in [-0.15, -0.1) is 11.3 Å². The molecular formula is C7H10N2O3S. The van der Waals surface area contributed by atoms with Gasteiger partial charge in [0, 0.05) is 5.38 Å². The van der Waals surface area contributed by atoms with E-state index in [1.54, 1.807) is 12.3 Å². The van der Waals surface area contributed by atoms with E-state index in [1.807, 2.05) is 0 Å². The fraction of sp³-hybridized carbons (Fsp3) is 0.429. The molecule has 13 heavy (non-hydrogen) atoms. The monoisotopic (exact) mass is 202 g/mol. The van der Waals surface area contributed by atoms with Gasteiger partial charge < -0.3 is 15.9 Å². The summed E-state index contributed by atoms with van der Waals surface area (Å²) >= 11 is 1.34. The highest BCUT2D eigenvalue weighted by Crippen LogP contribution is 2.18. The van der Waals surface area contributed by atoms with Crippen molar-refractivity contribution < 1.29 is 15.0 Å². The summed E-state index contributed by atoms with van der Waals surface area (Å²) in [7, 11) is 0. The number of aliphatic carboxylic acids is 1. The summed E-state index contributed by atoms with van der Waals surface area (Å²) in [6, 6.07) is -1.32. The Bertz CT molecular complexity index is 312. The molecule has 0 radical (unpaired) electrons. The first-order valence-corrected chi connectivity index (χ1v) is 4.49. The summed E-state index contributed by atoms with van der Waals surface area (Å²) in [6.07, 6.45) is -1.23. The highest BCUT2D eigenvalue weighted by molar-refractivity contribution is 7.09. The topological polar surface area (TPSA) is 96.4 Å². The number of carboxylic acids is 1. The van der Waals surface area contributed by atoms with Crippen molar-refractivity contribution in [2.24, 2.45) is 5.73 Å². The summed E-state index contributed by atoms with van der Waals surface area (Å²) in [4.78, 5) is 14.4. The van der Waals surface area contributed by atoms with Gasteiger partial charge in [0.25, 0.3) is 0 Å². The first-order valence-electron chi connectivity index (χ1n) is 3.61. The van der Waals surface area contributed by atoms with Crippen molar-refractivity contribution in [3.63, 3.8) is 0 Å². The maximum absolute atomic E-state index is 10.4. The molecule has 0 saturated carbocycles. The van der Waals surface area contributed by atoms with E-state index in [0.717, 1.165) is 5.01 Å². The highest BCUT2D eigenvalue weighted by Gasteiger charge is 2.25. The van der Waals surface area contributed by atoms with Crippen LogP contribution in [0.15, 0.2) is 5.38 Å². The molecule has 0 aliphatic carbocycles. The van der Waals surface area contributed by atoms with Gasteiger partial charge in [-0.1, -0.05) is 0 Å². The molecule has 0 amide bonds. The van der Waals surface area contributed by atoms with Crippen molar-refractivity contribution in [2.75, 3.05) is 0 Å². The number of aryl methyl sites for hydroxylation is 1. The van der Waals surface area contributed by atoms with Gasteiger partial charge >= 0.3 is 5.97 Å². The predicted octanol–water partition coefficient (Wildman–Crippen LogP) is -0.103. The standard InChI is InChI=1S/C7H10N2O3S/c1-3-9-4(2-13-3)6(10)5(8)7(11)12/h2,5-6,10H,8H2,1H3,(H,11,12). The quantitative estimate of drug-likeness (QED) is 0.635. The van der Waals surface area contributed by atoms with E-state index in [4.69, 9.17) is 10.8 Å². The maximum atomic E-state index is 10.4.